The normalized spacial score (nSPS) is 9.89. The highest BCUT2D eigenvalue weighted by molar-refractivity contribution is 6.02. The highest BCUT2D eigenvalue weighted by Gasteiger charge is 2.14. The number of hydrogen-bond donors (Lipinski definition) is 1. The Hall–Kier alpha value is -2.04. The van der Waals surface area contributed by atoms with Crippen LogP contribution in [-0.2, 0) is 14.3 Å². The molecule has 0 bridgehead atoms. The lowest BCUT2D eigenvalue weighted by Gasteiger charge is -2.13. The highest BCUT2D eigenvalue weighted by Crippen LogP contribution is 2.29. The number of benzene rings is 1. The van der Waals surface area contributed by atoms with Gasteiger partial charge < -0.3 is 14.8 Å². The van der Waals surface area contributed by atoms with Gasteiger partial charge in [-0.05, 0) is 38.0 Å². The minimum absolute atomic E-state index is 0.263. The van der Waals surface area contributed by atoms with Crippen molar-refractivity contribution in [2.75, 3.05) is 19.0 Å². The second-order valence-electron chi connectivity index (χ2n) is 4.19. The fourth-order valence-electron chi connectivity index (χ4n) is 1.86. The van der Waals surface area contributed by atoms with E-state index in [1.54, 1.807) is 20.1 Å². The van der Waals surface area contributed by atoms with Gasteiger partial charge in [0.15, 0.2) is 0 Å². The third-order valence-electron chi connectivity index (χ3n) is 2.51. The van der Waals surface area contributed by atoms with Crippen LogP contribution in [0.3, 0.4) is 0 Å². The van der Waals surface area contributed by atoms with Crippen LogP contribution in [0.25, 0.3) is 0 Å². The van der Waals surface area contributed by atoms with E-state index in [0.29, 0.717) is 11.4 Å². The lowest BCUT2D eigenvalue weighted by atomic mass is 10.1. The minimum atomic E-state index is -0.539. The zero-order valence-corrected chi connectivity index (χ0v) is 11.7. The van der Waals surface area contributed by atoms with Crippen molar-refractivity contribution >= 4 is 17.6 Å². The third-order valence-corrected chi connectivity index (χ3v) is 2.51. The van der Waals surface area contributed by atoms with Crippen LogP contribution in [0, 0.1) is 13.8 Å². The zero-order chi connectivity index (χ0) is 14.4. The molecule has 1 N–H and O–H groups in total. The van der Waals surface area contributed by atoms with Crippen LogP contribution < -0.4 is 10.1 Å². The van der Waals surface area contributed by atoms with Crippen molar-refractivity contribution in [1.82, 2.24) is 0 Å². The van der Waals surface area contributed by atoms with Crippen molar-refractivity contribution in [3.8, 4) is 5.75 Å². The van der Waals surface area contributed by atoms with Gasteiger partial charge >= 0.3 is 5.97 Å². The summed E-state index contributed by atoms with van der Waals surface area (Å²) >= 11 is 0. The van der Waals surface area contributed by atoms with Gasteiger partial charge in [0.05, 0.1) is 19.4 Å². The van der Waals surface area contributed by atoms with Gasteiger partial charge in [0.25, 0.3) is 0 Å². The summed E-state index contributed by atoms with van der Waals surface area (Å²) in [5.74, 6) is -0.354. The Balaban J connectivity index is 2.81. The smallest absolute Gasteiger partial charge is 0.315 e. The van der Waals surface area contributed by atoms with E-state index in [0.717, 1.165) is 11.1 Å². The molecule has 0 atom stereocenters. The van der Waals surface area contributed by atoms with Crippen molar-refractivity contribution in [3.63, 3.8) is 0 Å². The number of rotatable bonds is 5. The summed E-state index contributed by atoms with van der Waals surface area (Å²) < 4.78 is 9.98. The van der Waals surface area contributed by atoms with Crippen molar-refractivity contribution in [2.45, 2.75) is 27.2 Å². The molecule has 0 spiro atoms. The molecular formula is C14H19NO4. The predicted octanol–water partition coefficient (Wildman–Crippen LogP) is 2.20. The number of carbonyl (C=O) groups excluding carboxylic acids is 2. The van der Waals surface area contributed by atoms with Gasteiger partial charge in [0.2, 0.25) is 5.91 Å². The van der Waals surface area contributed by atoms with E-state index in [9.17, 15) is 9.59 Å². The standard InChI is InChI=1S/C14H19NO4/c1-5-19-13(17)8-12(16)15-11-7-9(2)6-10(3)14(11)18-4/h6-7H,5,8H2,1-4H3,(H,15,16). The Morgan fingerprint density at radius 1 is 1.26 bits per heavy atom. The Bertz CT molecular complexity index is 483. The molecular weight excluding hydrogens is 246 g/mol. The van der Waals surface area contributed by atoms with E-state index in [1.165, 1.54) is 0 Å². The van der Waals surface area contributed by atoms with Crippen molar-refractivity contribution < 1.29 is 19.1 Å². The minimum Gasteiger partial charge on any atom is -0.494 e. The molecule has 0 radical (unpaired) electrons. The fraction of sp³-hybridized carbons (Fsp3) is 0.429. The summed E-state index contributed by atoms with van der Waals surface area (Å²) in [7, 11) is 1.54. The highest BCUT2D eigenvalue weighted by atomic mass is 16.5. The zero-order valence-electron chi connectivity index (χ0n) is 11.7. The molecule has 5 heteroatoms. The molecule has 0 saturated carbocycles. The van der Waals surface area contributed by atoms with Crippen LogP contribution in [-0.4, -0.2) is 25.6 Å². The van der Waals surface area contributed by atoms with Gasteiger partial charge in [-0.15, -0.1) is 0 Å². The largest absolute Gasteiger partial charge is 0.494 e. The average Bonchev–Trinajstić information content (AvgIpc) is 2.28. The van der Waals surface area contributed by atoms with Crippen LogP contribution in [0.4, 0.5) is 5.69 Å². The van der Waals surface area contributed by atoms with Crippen LogP contribution >= 0.6 is 0 Å². The summed E-state index contributed by atoms with van der Waals surface area (Å²) in [6.07, 6.45) is -0.302. The number of nitrogens with one attached hydrogen (secondary N) is 1. The van der Waals surface area contributed by atoms with E-state index in [2.05, 4.69) is 5.32 Å². The van der Waals surface area contributed by atoms with Crippen molar-refractivity contribution in [3.05, 3.63) is 23.3 Å². The molecule has 0 aliphatic rings. The number of anilines is 1. The maximum atomic E-state index is 11.7. The van der Waals surface area contributed by atoms with Gasteiger partial charge in [-0.1, -0.05) is 6.07 Å². The van der Waals surface area contributed by atoms with E-state index < -0.39 is 11.9 Å². The number of esters is 1. The number of methoxy groups -OCH3 is 1. The molecule has 1 aromatic carbocycles. The molecule has 0 aliphatic heterocycles. The molecule has 0 unspecified atom stereocenters. The van der Waals surface area contributed by atoms with Gasteiger partial charge in [-0.2, -0.15) is 0 Å². The number of amides is 1. The number of ether oxygens (including phenoxy) is 2. The molecule has 1 amide bonds. The van der Waals surface area contributed by atoms with Gasteiger partial charge in [-0.3, -0.25) is 9.59 Å². The average molecular weight is 265 g/mol. The second-order valence-corrected chi connectivity index (χ2v) is 4.19. The first-order valence-electron chi connectivity index (χ1n) is 6.08. The number of carbonyl (C=O) groups is 2. The predicted molar refractivity (Wildman–Crippen MR) is 72.3 cm³/mol. The molecule has 1 rings (SSSR count). The molecule has 0 fully saturated rings. The van der Waals surface area contributed by atoms with Crippen molar-refractivity contribution in [2.24, 2.45) is 0 Å². The van der Waals surface area contributed by atoms with Crippen LogP contribution in [0.5, 0.6) is 5.75 Å². The Labute approximate surface area is 112 Å². The molecule has 104 valence electrons. The van der Waals surface area contributed by atoms with E-state index in [4.69, 9.17) is 9.47 Å². The summed E-state index contributed by atoms with van der Waals surface area (Å²) in [5.41, 5.74) is 2.49. The number of aryl methyl sites for hydroxylation is 2. The lowest BCUT2D eigenvalue weighted by molar-refractivity contribution is -0.145. The van der Waals surface area contributed by atoms with Crippen LogP contribution in [0.15, 0.2) is 12.1 Å². The maximum absolute atomic E-state index is 11.7. The summed E-state index contributed by atoms with van der Waals surface area (Å²) in [6, 6.07) is 3.76. The van der Waals surface area contributed by atoms with E-state index >= 15 is 0 Å². The first kappa shape index (κ1) is 15.0. The molecule has 19 heavy (non-hydrogen) atoms. The van der Waals surface area contributed by atoms with E-state index in [-0.39, 0.29) is 13.0 Å². The van der Waals surface area contributed by atoms with Crippen molar-refractivity contribution in [1.29, 1.82) is 0 Å². The van der Waals surface area contributed by atoms with Gasteiger partial charge in [0.1, 0.15) is 12.2 Å². The fourth-order valence-corrected chi connectivity index (χ4v) is 1.86. The first-order chi connectivity index (χ1) is 8.97. The lowest BCUT2D eigenvalue weighted by Crippen LogP contribution is -2.18. The monoisotopic (exact) mass is 265 g/mol. The Morgan fingerprint density at radius 3 is 2.53 bits per heavy atom. The molecule has 1 aromatic rings. The van der Waals surface area contributed by atoms with Crippen LogP contribution in [0.2, 0.25) is 0 Å². The van der Waals surface area contributed by atoms with Gasteiger partial charge in [0, 0.05) is 0 Å². The third kappa shape index (κ3) is 4.28. The Morgan fingerprint density at radius 2 is 1.95 bits per heavy atom. The topological polar surface area (TPSA) is 64.6 Å². The van der Waals surface area contributed by atoms with Gasteiger partial charge in [-0.25, -0.2) is 0 Å². The summed E-state index contributed by atoms with van der Waals surface area (Å²) in [5, 5.41) is 2.67. The maximum Gasteiger partial charge on any atom is 0.315 e. The second kappa shape index (κ2) is 6.78. The first-order valence-corrected chi connectivity index (χ1v) is 6.08. The molecule has 5 nitrogen and oxygen atoms in total. The molecule has 0 aromatic heterocycles. The SMILES string of the molecule is CCOC(=O)CC(=O)Nc1cc(C)cc(C)c1OC. The van der Waals surface area contributed by atoms with Crippen LogP contribution in [0.1, 0.15) is 24.5 Å². The van der Waals surface area contributed by atoms with E-state index in [1.807, 2.05) is 19.9 Å². The quantitative estimate of drug-likeness (QED) is 0.655. The summed E-state index contributed by atoms with van der Waals surface area (Å²) in [6.45, 7) is 5.78. The summed E-state index contributed by atoms with van der Waals surface area (Å²) in [4.78, 5) is 22.9. The molecule has 0 heterocycles. The number of hydrogen-bond acceptors (Lipinski definition) is 4. The molecule has 0 saturated heterocycles. The molecule has 0 aliphatic carbocycles. The Kier molecular flexibility index (Phi) is 5.36.